The first-order chi connectivity index (χ1) is 8.61. The van der Waals surface area contributed by atoms with Crippen LogP contribution in [-0.4, -0.2) is 42.2 Å². The highest BCUT2D eigenvalue weighted by atomic mass is 16.5. The lowest BCUT2D eigenvalue weighted by Crippen LogP contribution is -2.44. The molecule has 0 saturated carbocycles. The maximum absolute atomic E-state index is 12.3. The zero-order chi connectivity index (χ0) is 13.1. The molecule has 1 heterocycles. The van der Waals surface area contributed by atoms with E-state index < -0.39 is 0 Å². The average Bonchev–Trinajstić information content (AvgIpc) is 2.41. The molecule has 0 radical (unpaired) electrons. The molecule has 1 saturated heterocycles. The third-order valence-corrected chi connectivity index (χ3v) is 3.48. The second-order valence-electron chi connectivity index (χ2n) is 4.81. The highest BCUT2D eigenvalue weighted by Gasteiger charge is 2.27. The van der Waals surface area contributed by atoms with Crippen LogP contribution in [0.25, 0.3) is 0 Å². The van der Waals surface area contributed by atoms with Gasteiger partial charge in [0, 0.05) is 18.7 Å². The van der Waals surface area contributed by atoms with Crippen molar-refractivity contribution in [3.63, 3.8) is 0 Å². The van der Waals surface area contributed by atoms with Gasteiger partial charge in [0.2, 0.25) is 0 Å². The molecule has 98 valence electrons. The van der Waals surface area contributed by atoms with Crippen LogP contribution in [0.15, 0.2) is 24.3 Å². The van der Waals surface area contributed by atoms with Crippen molar-refractivity contribution in [1.29, 1.82) is 0 Å². The zero-order valence-electron chi connectivity index (χ0n) is 10.8. The molecule has 1 aromatic carbocycles. The summed E-state index contributed by atoms with van der Waals surface area (Å²) in [5, 5.41) is 9.66. The topological polar surface area (TPSA) is 49.8 Å². The van der Waals surface area contributed by atoms with Crippen molar-refractivity contribution < 1.29 is 14.6 Å². The van der Waals surface area contributed by atoms with E-state index >= 15 is 0 Å². The number of likely N-dealkylation sites (tertiary alicyclic amines) is 1. The van der Waals surface area contributed by atoms with Crippen molar-refractivity contribution in [1.82, 2.24) is 4.90 Å². The van der Waals surface area contributed by atoms with Crippen molar-refractivity contribution in [2.45, 2.75) is 19.4 Å². The molecule has 1 amide bonds. The lowest BCUT2D eigenvalue weighted by atomic mass is 9.96. The number of benzene rings is 1. The quantitative estimate of drug-likeness (QED) is 0.865. The van der Waals surface area contributed by atoms with Crippen LogP contribution in [0.1, 0.15) is 23.7 Å². The van der Waals surface area contributed by atoms with E-state index in [0.29, 0.717) is 25.1 Å². The molecule has 18 heavy (non-hydrogen) atoms. The first-order valence-corrected chi connectivity index (χ1v) is 6.23. The molecule has 1 N–H and O–H groups in total. The van der Waals surface area contributed by atoms with Crippen LogP contribution >= 0.6 is 0 Å². The van der Waals surface area contributed by atoms with Crippen molar-refractivity contribution in [3.8, 4) is 5.75 Å². The Kier molecular flexibility index (Phi) is 3.87. The summed E-state index contributed by atoms with van der Waals surface area (Å²) in [6.45, 7) is 3.21. The lowest BCUT2D eigenvalue weighted by Gasteiger charge is -2.34. The van der Waals surface area contributed by atoms with Gasteiger partial charge in [-0.3, -0.25) is 4.79 Å². The maximum atomic E-state index is 12.3. The van der Waals surface area contributed by atoms with Crippen LogP contribution in [-0.2, 0) is 0 Å². The molecule has 4 heteroatoms. The van der Waals surface area contributed by atoms with Crippen molar-refractivity contribution in [3.05, 3.63) is 29.8 Å². The molecule has 0 bridgehead atoms. The van der Waals surface area contributed by atoms with Crippen LogP contribution in [0.3, 0.4) is 0 Å². The fourth-order valence-corrected chi connectivity index (χ4v) is 2.23. The third-order valence-electron chi connectivity index (χ3n) is 3.48. The van der Waals surface area contributed by atoms with Crippen LogP contribution in [0.4, 0.5) is 0 Å². The molecular weight excluding hydrogens is 230 g/mol. The molecule has 1 aliphatic heterocycles. The monoisotopic (exact) mass is 249 g/mol. The SMILES string of the molecule is COc1ccc(C(=O)N2CCC(O)C(C)C2)cc1. The highest BCUT2D eigenvalue weighted by Crippen LogP contribution is 2.19. The second-order valence-corrected chi connectivity index (χ2v) is 4.81. The summed E-state index contributed by atoms with van der Waals surface area (Å²) < 4.78 is 5.07. The summed E-state index contributed by atoms with van der Waals surface area (Å²) in [6.07, 6.45) is 0.369. The number of carbonyl (C=O) groups excluding carboxylic acids is 1. The molecule has 0 aliphatic carbocycles. The minimum Gasteiger partial charge on any atom is -0.497 e. The zero-order valence-corrected chi connectivity index (χ0v) is 10.8. The fourth-order valence-electron chi connectivity index (χ4n) is 2.23. The molecule has 2 atom stereocenters. The molecular formula is C14H19NO3. The molecule has 2 unspecified atom stereocenters. The minimum absolute atomic E-state index is 0.0244. The third kappa shape index (κ3) is 2.64. The number of aliphatic hydroxyl groups is 1. The fraction of sp³-hybridized carbons (Fsp3) is 0.500. The highest BCUT2D eigenvalue weighted by molar-refractivity contribution is 5.94. The summed E-state index contributed by atoms with van der Waals surface area (Å²) in [4.78, 5) is 14.1. The van der Waals surface area contributed by atoms with E-state index in [-0.39, 0.29) is 17.9 Å². The Balaban J connectivity index is 2.06. The van der Waals surface area contributed by atoms with Gasteiger partial charge in [0.05, 0.1) is 13.2 Å². The number of hydrogen-bond donors (Lipinski definition) is 1. The van der Waals surface area contributed by atoms with Gasteiger partial charge in [0.25, 0.3) is 5.91 Å². The largest absolute Gasteiger partial charge is 0.497 e. The lowest BCUT2D eigenvalue weighted by molar-refractivity contribution is 0.0297. The number of aliphatic hydroxyl groups excluding tert-OH is 1. The Bertz CT molecular complexity index is 416. The molecule has 2 rings (SSSR count). The Morgan fingerprint density at radius 2 is 2.06 bits per heavy atom. The number of amides is 1. The van der Waals surface area contributed by atoms with Crippen LogP contribution in [0.2, 0.25) is 0 Å². The molecule has 1 aromatic rings. The molecule has 1 fully saturated rings. The van der Waals surface area contributed by atoms with Crippen LogP contribution in [0.5, 0.6) is 5.75 Å². The van der Waals surface area contributed by atoms with E-state index in [2.05, 4.69) is 0 Å². The van der Waals surface area contributed by atoms with E-state index in [1.54, 1.807) is 36.3 Å². The van der Waals surface area contributed by atoms with Crippen molar-refractivity contribution >= 4 is 5.91 Å². The van der Waals surface area contributed by atoms with Crippen molar-refractivity contribution in [2.75, 3.05) is 20.2 Å². The van der Waals surface area contributed by atoms with Gasteiger partial charge in [0.1, 0.15) is 5.75 Å². The van der Waals surface area contributed by atoms with Gasteiger partial charge in [-0.05, 0) is 36.6 Å². The van der Waals surface area contributed by atoms with E-state index in [1.807, 2.05) is 6.92 Å². The second kappa shape index (κ2) is 5.40. The number of nitrogens with zero attached hydrogens (tertiary/aromatic N) is 1. The van der Waals surface area contributed by atoms with Crippen molar-refractivity contribution in [2.24, 2.45) is 5.92 Å². The van der Waals surface area contributed by atoms with E-state index in [4.69, 9.17) is 4.74 Å². The van der Waals surface area contributed by atoms with E-state index in [9.17, 15) is 9.90 Å². The molecule has 4 nitrogen and oxygen atoms in total. The smallest absolute Gasteiger partial charge is 0.253 e. The minimum atomic E-state index is -0.287. The van der Waals surface area contributed by atoms with Crippen LogP contribution in [0, 0.1) is 5.92 Å². The average molecular weight is 249 g/mol. The summed E-state index contributed by atoms with van der Waals surface area (Å²) in [5.41, 5.74) is 0.666. The number of methoxy groups -OCH3 is 1. The Morgan fingerprint density at radius 3 is 2.61 bits per heavy atom. The molecule has 0 spiro atoms. The normalized spacial score (nSPS) is 23.8. The van der Waals surface area contributed by atoms with Gasteiger partial charge in [-0.15, -0.1) is 0 Å². The van der Waals surface area contributed by atoms with Gasteiger partial charge in [-0.2, -0.15) is 0 Å². The maximum Gasteiger partial charge on any atom is 0.253 e. The predicted octanol–water partition coefficient (Wildman–Crippen LogP) is 1.54. The summed E-state index contributed by atoms with van der Waals surface area (Å²) in [5.74, 6) is 0.909. The first kappa shape index (κ1) is 12.9. The Hall–Kier alpha value is -1.55. The first-order valence-electron chi connectivity index (χ1n) is 6.23. The summed E-state index contributed by atoms with van der Waals surface area (Å²) in [6, 6.07) is 7.12. The van der Waals surface area contributed by atoms with Gasteiger partial charge in [-0.1, -0.05) is 6.92 Å². The summed E-state index contributed by atoms with van der Waals surface area (Å²) in [7, 11) is 1.60. The van der Waals surface area contributed by atoms with Crippen LogP contribution < -0.4 is 4.74 Å². The van der Waals surface area contributed by atoms with Gasteiger partial charge in [0.15, 0.2) is 0 Å². The van der Waals surface area contributed by atoms with E-state index in [0.717, 1.165) is 5.75 Å². The molecule has 0 aromatic heterocycles. The standard InChI is InChI=1S/C14H19NO3/c1-10-9-15(8-7-13(10)16)14(17)11-3-5-12(18-2)6-4-11/h3-6,10,13,16H,7-9H2,1-2H3. The van der Waals surface area contributed by atoms with Gasteiger partial charge in [-0.25, -0.2) is 0 Å². The van der Waals surface area contributed by atoms with Gasteiger partial charge >= 0.3 is 0 Å². The number of carbonyl (C=O) groups is 1. The van der Waals surface area contributed by atoms with E-state index in [1.165, 1.54) is 0 Å². The predicted molar refractivity (Wildman–Crippen MR) is 68.7 cm³/mol. The Labute approximate surface area is 107 Å². The molecule has 1 aliphatic rings. The number of ether oxygens (including phenoxy) is 1. The van der Waals surface area contributed by atoms with Gasteiger partial charge < -0.3 is 14.7 Å². The number of hydrogen-bond acceptors (Lipinski definition) is 3. The number of rotatable bonds is 2. The summed E-state index contributed by atoms with van der Waals surface area (Å²) >= 11 is 0. The number of piperidine rings is 1. The Morgan fingerprint density at radius 1 is 1.39 bits per heavy atom.